The van der Waals surface area contributed by atoms with Gasteiger partial charge in [-0.15, -0.1) is 11.3 Å². The molecule has 2 rings (SSSR count). The van der Waals surface area contributed by atoms with Gasteiger partial charge in [0.15, 0.2) is 0 Å². The van der Waals surface area contributed by atoms with Crippen molar-refractivity contribution in [3.63, 3.8) is 0 Å². The Morgan fingerprint density at radius 2 is 2.12 bits per heavy atom. The fourth-order valence-corrected chi connectivity index (χ4v) is 2.99. The molecule has 1 N–H and O–H groups in total. The molecule has 1 unspecified atom stereocenters. The third-order valence-corrected chi connectivity index (χ3v) is 4.09. The van der Waals surface area contributed by atoms with Gasteiger partial charge in [-0.3, -0.25) is 0 Å². The first-order valence-corrected chi connectivity index (χ1v) is 6.92. The van der Waals surface area contributed by atoms with Crippen LogP contribution in [0, 0.1) is 5.82 Å². The third kappa shape index (κ3) is 3.28. The maximum Gasteiger partial charge on any atom is 0.130 e. The molecule has 0 aliphatic rings. The molecule has 0 amide bonds. The molecule has 0 bridgehead atoms. The van der Waals surface area contributed by atoms with Crippen molar-refractivity contribution < 1.29 is 9.50 Å². The van der Waals surface area contributed by atoms with Gasteiger partial charge in [0.05, 0.1) is 10.4 Å². The van der Waals surface area contributed by atoms with E-state index in [-0.39, 0.29) is 0 Å². The molecule has 0 aliphatic carbocycles. The van der Waals surface area contributed by atoms with Crippen molar-refractivity contribution in [1.29, 1.82) is 0 Å². The summed E-state index contributed by atoms with van der Waals surface area (Å²) >= 11 is 10.4. The number of thiophene rings is 1. The summed E-state index contributed by atoms with van der Waals surface area (Å²) in [6.07, 6.45) is -0.478. The van der Waals surface area contributed by atoms with Crippen LogP contribution >= 0.6 is 38.9 Å². The van der Waals surface area contributed by atoms with E-state index >= 15 is 0 Å². The molecular formula is C12H9BrClFOS. The number of aliphatic hydroxyl groups excluding tert-OH is 1. The predicted octanol–water partition coefficient (Wildman–Crippen LogP) is 4.58. The molecule has 17 heavy (non-hydrogen) atoms. The number of hydrogen-bond donors (Lipinski definition) is 1. The van der Waals surface area contributed by atoms with Gasteiger partial charge in [-0.1, -0.05) is 33.6 Å². The van der Waals surface area contributed by atoms with E-state index in [1.165, 1.54) is 17.4 Å². The Labute approximate surface area is 116 Å². The van der Waals surface area contributed by atoms with Crippen molar-refractivity contribution in [1.82, 2.24) is 0 Å². The van der Waals surface area contributed by atoms with Gasteiger partial charge in [0.2, 0.25) is 0 Å². The molecule has 1 nitrogen and oxygen atoms in total. The SMILES string of the molecule is OC(Cc1ccc(Cl)s1)c1ccc(Br)cc1F. The van der Waals surface area contributed by atoms with Gasteiger partial charge < -0.3 is 5.11 Å². The third-order valence-electron chi connectivity index (χ3n) is 2.34. The monoisotopic (exact) mass is 334 g/mol. The summed E-state index contributed by atoms with van der Waals surface area (Å²) in [4.78, 5) is 0.935. The lowest BCUT2D eigenvalue weighted by atomic mass is 10.1. The molecule has 1 atom stereocenters. The normalized spacial score (nSPS) is 12.7. The van der Waals surface area contributed by atoms with Crippen molar-refractivity contribution in [2.24, 2.45) is 0 Å². The van der Waals surface area contributed by atoms with Gasteiger partial charge in [-0.25, -0.2) is 4.39 Å². The Morgan fingerprint density at radius 3 is 2.71 bits per heavy atom. The van der Waals surface area contributed by atoms with Crippen molar-refractivity contribution in [2.45, 2.75) is 12.5 Å². The predicted molar refractivity (Wildman–Crippen MR) is 72.1 cm³/mol. The zero-order valence-electron chi connectivity index (χ0n) is 8.66. The number of aliphatic hydroxyl groups is 1. The molecular weight excluding hydrogens is 327 g/mol. The van der Waals surface area contributed by atoms with Crippen molar-refractivity contribution in [2.75, 3.05) is 0 Å². The number of hydrogen-bond acceptors (Lipinski definition) is 2. The average molecular weight is 336 g/mol. The van der Waals surface area contributed by atoms with Gasteiger partial charge >= 0.3 is 0 Å². The molecule has 0 saturated heterocycles. The Bertz CT molecular complexity index is 529. The second kappa shape index (κ2) is 5.48. The minimum Gasteiger partial charge on any atom is -0.388 e. The maximum atomic E-state index is 13.6. The van der Waals surface area contributed by atoms with Gasteiger partial charge in [0, 0.05) is 21.3 Å². The lowest BCUT2D eigenvalue weighted by molar-refractivity contribution is 0.174. The fourth-order valence-electron chi connectivity index (χ4n) is 1.53. The summed E-state index contributed by atoms with van der Waals surface area (Å²) in [5.74, 6) is -0.408. The highest BCUT2D eigenvalue weighted by Gasteiger charge is 2.14. The van der Waals surface area contributed by atoms with Crippen LogP contribution in [0.2, 0.25) is 4.34 Å². The van der Waals surface area contributed by atoms with E-state index in [1.807, 2.05) is 6.07 Å². The van der Waals surface area contributed by atoms with Crippen LogP contribution in [-0.4, -0.2) is 5.11 Å². The van der Waals surface area contributed by atoms with E-state index in [4.69, 9.17) is 11.6 Å². The molecule has 1 aromatic heterocycles. The van der Waals surface area contributed by atoms with Gasteiger partial charge in [-0.2, -0.15) is 0 Å². The minimum atomic E-state index is -0.849. The van der Waals surface area contributed by atoms with Gasteiger partial charge in [0.25, 0.3) is 0 Å². The summed E-state index contributed by atoms with van der Waals surface area (Å²) in [5, 5.41) is 9.96. The number of halogens is 3. The lowest BCUT2D eigenvalue weighted by Gasteiger charge is -2.11. The minimum absolute atomic E-state index is 0.303. The van der Waals surface area contributed by atoms with E-state index < -0.39 is 11.9 Å². The highest BCUT2D eigenvalue weighted by Crippen LogP contribution is 2.28. The van der Waals surface area contributed by atoms with Crippen LogP contribution in [0.25, 0.3) is 0 Å². The highest BCUT2D eigenvalue weighted by atomic mass is 79.9. The van der Waals surface area contributed by atoms with Crippen molar-refractivity contribution in [3.8, 4) is 0 Å². The Morgan fingerprint density at radius 1 is 1.35 bits per heavy atom. The Kier molecular flexibility index (Phi) is 4.20. The zero-order valence-corrected chi connectivity index (χ0v) is 11.8. The molecule has 0 saturated carbocycles. The van der Waals surface area contributed by atoms with Crippen LogP contribution < -0.4 is 0 Å². The van der Waals surface area contributed by atoms with Crippen LogP contribution in [0.4, 0.5) is 4.39 Å². The van der Waals surface area contributed by atoms with Crippen LogP contribution in [0.15, 0.2) is 34.8 Å². The quantitative estimate of drug-likeness (QED) is 0.870. The average Bonchev–Trinajstić information content (AvgIpc) is 2.63. The summed E-state index contributed by atoms with van der Waals surface area (Å²) in [6, 6.07) is 8.25. The molecule has 5 heteroatoms. The Balaban J connectivity index is 2.17. The molecule has 90 valence electrons. The molecule has 0 aliphatic heterocycles. The van der Waals surface area contributed by atoms with E-state index in [2.05, 4.69) is 15.9 Å². The summed E-state index contributed by atoms with van der Waals surface area (Å²) < 4.78 is 14.9. The topological polar surface area (TPSA) is 20.2 Å². The molecule has 0 spiro atoms. The lowest BCUT2D eigenvalue weighted by Crippen LogP contribution is -2.03. The molecule has 2 aromatic rings. The van der Waals surface area contributed by atoms with Gasteiger partial charge in [-0.05, 0) is 24.3 Å². The van der Waals surface area contributed by atoms with Crippen LogP contribution in [0.1, 0.15) is 16.5 Å². The molecule has 1 aromatic carbocycles. The van der Waals surface area contributed by atoms with E-state index in [0.717, 1.165) is 4.88 Å². The Hall–Kier alpha value is -0.420. The van der Waals surface area contributed by atoms with Crippen LogP contribution in [-0.2, 0) is 6.42 Å². The van der Waals surface area contributed by atoms with Crippen molar-refractivity contribution in [3.05, 3.63) is 55.4 Å². The fraction of sp³-hybridized carbons (Fsp3) is 0.167. The second-order valence-electron chi connectivity index (χ2n) is 3.59. The van der Waals surface area contributed by atoms with Crippen LogP contribution in [0.3, 0.4) is 0 Å². The summed E-state index contributed by atoms with van der Waals surface area (Å²) in [5.41, 5.74) is 0.303. The van der Waals surface area contributed by atoms with E-state index in [9.17, 15) is 9.50 Å². The summed E-state index contributed by atoms with van der Waals surface area (Å²) in [7, 11) is 0. The highest BCUT2D eigenvalue weighted by molar-refractivity contribution is 9.10. The van der Waals surface area contributed by atoms with Gasteiger partial charge in [0.1, 0.15) is 5.82 Å². The molecule has 1 heterocycles. The summed E-state index contributed by atoms with van der Waals surface area (Å²) in [6.45, 7) is 0. The van der Waals surface area contributed by atoms with Crippen LogP contribution in [0.5, 0.6) is 0 Å². The maximum absolute atomic E-state index is 13.6. The zero-order chi connectivity index (χ0) is 12.4. The van der Waals surface area contributed by atoms with Crippen molar-refractivity contribution >= 4 is 38.9 Å². The first-order valence-electron chi connectivity index (χ1n) is 4.93. The first-order chi connectivity index (χ1) is 8.06. The second-order valence-corrected chi connectivity index (χ2v) is 6.31. The first kappa shape index (κ1) is 13.0. The molecule has 0 radical (unpaired) electrons. The number of rotatable bonds is 3. The number of benzene rings is 1. The molecule has 0 fully saturated rings. The van der Waals surface area contributed by atoms with E-state index in [0.29, 0.717) is 20.8 Å². The smallest absolute Gasteiger partial charge is 0.130 e. The standard InChI is InChI=1S/C12H9BrClFOS/c13-7-1-3-9(10(15)5-7)11(16)6-8-2-4-12(14)17-8/h1-5,11,16H,6H2. The van der Waals surface area contributed by atoms with E-state index in [1.54, 1.807) is 18.2 Å². The largest absolute Gasteiger partial charge is 0.388 e.